The lowest BCUT2D eigenvalue weighted by molar-refractivity contribution is -0.119. The van der Waals surface area contributed by atoms with Crippen LogP contribution in [0.1, 0.15) is 31.7 Å². The van der Waals surface area contributed by atoms with E-state index in [-0.39, 0.29) is 48.3 Å². The number of carbonyl (C=O) groups is 2. The molecule has 2 aliphatic heterocycles. The highest BCUT2D eigenvalue weighted by atomic mass is 127. The standard InChI is InChI=1S/C20H29N5O2.HI/c1-2-22-20(24-10-5-6-15(14-24)12-18(21)26)23-13-19(27)25-11-9-16-7-3-4-8-17(16)25;/h3-4,7-8,15H,2,5-6,9-14H2,1H3,(H2,21,26)(H,22,23);1H. The van der Waals surface area contributed by atoms with Crippen LogP contribution < -0.4 is 16.0 Å². The number of hydrogen-bond acceptors (Lipinski definition) is 3. The van der Waals surface area contributed by atoms with Crippen molar-refractivity contribution in [3.63, 3.8) is 0 Å². The van der Waals surface area contributed by atoms with Gasteiger partial charge in [0.25, 0.3) is 0 Å². The summed E-state index contributed by atoms with van der Waals surface area (Å²) in [6.07, 6.45) is 3.30. The predicted octanol–water partition coefficient (Wildman–Crippen LogP) is 1.75. The summed E-state index contributed by atoms with van der Waals surface area (Å²) in [4.78, 5) is 32.5. The van der Waals surface area contributed by atoms with Crippen molar-refractivity contribution in [1.29, 1.82) is 0 Å². The lowest BCUT2D eigenvalue weighted by atomic mass is 9.95. The molecule has 1 saturated heterocycles. The number of halogens is 1. The Labute approximate surface area is 183 Å². The third kappa shape index (κ3) is 5.59. The van der Waals surface area contributed by atoms with Gasteiger partial charge in [0.05, 0.1) is 0 Å². The van der Waals surface area contributed by atoms with E-state index in [0.29, 0.717) is 13.0 Å². The van der Waals surface area contributed by atoms with E-state index in [2.05, 4.69) is 21.3 Å². The zero-order valence-electron chi connectivity index (χ0n) is 16.4. The zero-order chi connectivity index (χ0) is 19.2. The van der Waals surface area contributed by atoms with Crippen LogP contribution in [0, 0.1) is 5.92 Å². The Balaban J connectivity index is 0.00000280. The molecule has 2 heterocycles. The average Bonchev–Trinajstić information content (AvgIpc) is 3.09. The molecule has 0 saturated carbocycles. The molecular weight excluding hydrogens is 469 g/mol. The van der Waals surface area contributed by atoms with Gasteiger partial charge in [-0.2, -0.15) is 0 Å². The fourth-order valence-electron chi connectivity index (χ4n) is 3.96. The molecule has 3 rings (SSSR count). The number of para-hydroxylation sites is 1. The topological polar surface area (TPSA) is 91.0 Å². The number of likely N-dealkylation sites (tertiary alicyclic amines) is 1. The second kappa shape index (κ2) is 10.6. The monoisotopic (exact) mass is 499 g/mol. The van der Waals surface area contributed by atoms with Crippen LogP contribution in [0.2, 0.25) is 0 Å². The fourth-order valence-corrected chi connectivity index (χ4v) is 3.96. The van der Waals surface area contributed by atoms with Crippen molar-refractivity contribution < 1.29 is 9.59 Å². The highest BCUT2D eigenvalue weighted by Crippen LogP contribution is 2.27. The SMILES string of the molecule is CCNC(=NCC(=O)N1CCc2ccccc21)N1CCCC(CC(N)=O)C1.I. The van der Waals surface area contributed by atoms with Gasteiger partial charge in [-0.3, -0.25) is 9.59 Å². The van der Waals surface area contributed by atoms with Crippen molar-refractivity contribution >= 4 is 47.4 Å². The van der Waals surface area contributed by atoms with Crippen molar-refractivity contribution in [3.05, 3.63) is 29.8 Å². The first-order chi connectivity index (χ1) is 13.1. The maximum absolute atomic E-state index is 12.7. The number of piperidine rings is 1. The van der Waals surface area contributed by atoms with E-state index in [9.17, 15) is 9.59 Å². The van der Waals surface area contributed by atoms with Gasteiger partial charge in [-0.15, -0.1) is 24.0 Å². The molecule has 8 heteroatoms. The average molecular weight is 499 g/mol. The van der Waals surface area contributed by atoms with Gasteiger partial charge in [-0.05, 0) is 43.7 Å². The van der Waals surface area contributed by atoms with Gasteiger partial charge in [0.2, 0.25) is 11.8 Å². The number of benzene rings is 1. The van der Waals surface area contributed by atoms with Crippen molar-refractivity contribution in [2.45, 2.75) is 32.6 Å². The quantitative estimate of drug-likeness (QED) is 0.367. The highest BCUT2D eigenvalue weighted by Gasteiger charge is 2.26. The Kier molecular flexibility index (Phi) is 8.53. The van der Waals surface area contributed by atoms with Gasteiger partial charge in [-0.25, -0.2) is 4.99 Å². The molecule has 28 heavy (non-hydrogen) atoms. The normalized spacial score (nSPS) is 19.0. The number of nitrogens with zero attached hydrogens (tertiary/aromatic N) is 3. The highest BCUT2D eigenvalue weighted by molar-refractivity contribution is 14.0. The lowest BCUT2D eigenvalue weighted by Crippen LogP contribution is -2.47. The van der Waals surface area contributed by atoms with Crippen LogP contribution in [0.4, 0.5) is 5.69 Å². The number of nitrogens with one attached hydrogen (secondary N) is 1. The Morgan fingerprint density at radius 2 is 2.07 bits per heavy atom. The number of primary amides is 1. The van der Waals surface area contributed by atoms with Gasteiger partial charge >= 0.3 is 0 Å². The summed E-state index contributed by atoms with van der Waals surface area (Å²) in [5, 5.41) is 3.28. The van der Waals surface area contributed by atoms with Crippen LogP contribution in [0.25, 0.3) is 0 Å². The number of fused-ring (bicyclic) bond motifs is 1. The smallest absolute Gasteiger partial charge is 0.248 e. The molecule has 1 fully saturated rings. The second-order valence-corrected chi connectivity index (χ2v) is 7.22. The van der Waals surface area contributed by atoms with Crippen LogP contribution in [0.5, 0.6) is 0 Å². The third-order valence-electron chi connectivity index (χ3n) is 5.20. The van der Waals surface area contributed by atoms with E-state index in [1.807, 2.05) is 30.0 Å². The maximum Gasteiger partial charge on any atom is 0.248 e. The first-order valence-corrected chi connectivity index (χ1v) is 9.78. The Morgan fingerprint density at radius 3 is 2.82 bits per heavy atom. The summed E-state index contributed by atoms with van der Waals surface area (Å²) >= 11 is 0. The van der Waals surface area contributed by atoms with Crippen LogP contribution in [-0.4, -0.2) is 55.4 Å². The molecule has 3 N–H and O–H groups in total. The Bertz CT molecular complexity index is 724. The number of rotatable bonds is 5. The lowest BCUT2D eigenvalue weighted by Gasteiger charge is -2.34. The molecule has 154 valence electrons. The summed E-state index contributed by atoms with van der Waals surface area (Å²) in [6, 6.07) is 8.04. The molecule has 0 aromatic heterocycles. The van der Waals surface area contributed by atoms with E-state index < -0.39 is 0 Å². The van der Waals surface area contributed by atoms with E-state index in [0.717, 1.165) is 50.5 Å². The van der Waals surface area contributed by atoms with Gasteiger partial charge in [0, 0.05) is 38.3 Å². The summed E-state index contributed by atoms with van der Waals surface area (Å²) in [7, 11) is 0. The number of guanidine groups is 1. The summed E-state index contributed by atoms with van der Waals surface area (Å²) in [6.45, 7) is 5.20. The first-order valence-electron chi connectivity index (χ1n) is 9.78. The van der Waals surface area contributed by atoms with Crippen molar-refractivity contribution in [2.75, 3.05) is 37.6 Å². The summed E-state index contributed by atoms with van der Waals surface area (Å²) in [5.74, 6) is 0.751. The largest absolute Gasteiger partial charge is 0.370 e. The molecule has 0 radical (unpaired) electrons. The molecule has 2 amide bonds. The minimum absolute atomic E-state index is 0. The molecule has 1 atom stereocenters. The van der Waals surface area contributed by atoms with Gasteiger partial charge < -0.3 is 20.9 Å². The number of carbonyl (C=O) groups excluding carboxylic acids is 2. The molecule has 1 unspecified atom stereocenters. The molecular formula is C20H30IN5O2. The van der Waals surface area contributed by atoms with Crippen molar-refractivity contribution in [3.8, 4) is 0 Å². The fraction of sp³-hybridized carbons (Fsp3) is 0.550. The van der Waals surface area contributed by atoms with Gasteiger partial charge in [-0.1, -0.05) is 18.2 Å². The van der Waals surface area contributed by atoms with Crippen LogP contribution >= 0.6 is 24.0 Å². The first kappa shape index (κ1) is 22.4. The summed E-state index contributed by atoms with van der Waals surface area (Å²) < 4.78 is 0. The number of hydrogen-bond donors (Lipinski definition) is 2. The molecule has 0 spiro atoms. The van der Waals surface area contributed by atoms with E-state index >= 15 is 0 Å². The number of aliphatic imine (C=N–C) groups is 1. The summed E-state index contributed by atoms with van der Waals surface area (Å²) in [5.41, 5.74) is 7.57. The Hall–Kier alpha value is -1.84. The molecule has 1 aromatic rings. The van der Waals surface area contributed by atoms with E-state index in [4.69, 9.17) is 5.73 Å². The third-order valence-corrected chi connectivity index (χ3v) is 5.20. The zero-order valence-corrected chi connectivity index (χ0v) is 18.7. The van der Waals surface area contributed by atoms with Crippen LogP contribution in [0.3, 0.4) is 0 Å². The minimum Gasteiger partial charge on any atom is -0.370 e. The molecule has 0 bridgehead atoms. The van der Waals surface area contributed by atoms with Gasteiger partial charge in [0.15, 0.2) is 5.96 Å². The van der Waals surface area contributed by atoms with Gasteiger partial charge in [0.1, 0.15) is 6.54 Å². The van der Waals surface area contributed by atoms with Crippen molar-refractivity contribution in [2.24, 2.45) is 16.6 Å². The molecule has 1 aromatic carbocycles. The number of amides is 2. The second-order valence-electron chi connectivity index (χ2n) is 7.22. The number of anilines is 1. The van der Waals surface area contributed by atoms with E-state index in [1.54, 1.807) is 0 Å². The van der Waals surface area contributed by atoms with Crippen LogP contribution in [0.15, 0.2) is 29.3 Å². The van der Waals surface area contributed by atoms with Crippen LogP contribution in [-0.2, 0) is 16.0 Å². The minimum atomic E-state index is -0.258. The molecule has 0 aliphatic carbocycles. The number of nitrogens with two attached hydrogens (primary N) is 1. The van der Waals surface area contributed by atoms with Crippen molar-refractivity contribution in [1.82, 2.24) is 10.2 Å². The predicted molar refractivity (Wildman–Crippen MR) is 122 cm³/mol. The molecule has 7 nitrogen and oxygen atoms in total. The van der Waals surface area contributed by atoms with E-state index in [1.165, 1.54) is 5.56 Å². The molecule has 2 aliphatic rings. The maximum atomic E-state index is 12.7. The Morgan fingerprint density at radius 1 is 1.29 bits per heavy atom.